The van der Waals surface area contributed by atoms with Crippen LogP contribution in [0, 0.1) is 0 Å². The lowest BCUT2D eigenvalue weighted by Gasteiger charge is -2.03. The van der Waals surface area contributed by atoms with Crippen LogP contribution in [0.5, 0.6) is 6.08 Å². The van der Waals surface area contributed by atoms with Crippen molar-refractivity contribution in [3.63, 3.8) is 0 Å². The van der Waals surface area contributed by atoms with Crippen LogP contribution in [0.25, 0.3) is 0 Å². The molecule has 0 saturated heterocycles. The van der Waals surface area contributed by atoms with Crippen molar-refractivity contribution in [2.45, 2.75) is 0 Å². The van der Waals surface area contributed by atoms with Gasteiger partial charge in [0, 0.05) is 14.1 Å². The number of hydrogen-bond donors (Lipinski definition) is 0. The van der Waals surface area contributed by atoms with E-state index < -0.39 is 6.08 Å². The summed E-state index contributed by atoms with van der Waals surface area (Å²) in [6.45, 7) is 0. The normalized spacial score (nSPS) is 9.56. The first-order valence-electron chi connectivity index (χ1n) is 2.50. The van der Waals surface area contributed by atoms with E-state index in [0.29, 0.717) is 5.82 Å². The topological polar surface area (TPSA) is 49.2 Å². The van der Waals surface area contributed by atoms with E-state index in [9.17, 15) is 5.11 Å². The van der Waals surface area contributed by atoms with Crippen molar-refractivity contribution in [3.05, 3.63) is 6.26 Å². The van der Waals surface area contributed by atoms with Crippen LogP contribution < -0.4 is 4.90 Å². The lowest BCUT2D eigenvalue weighted by Crippen LogP contribution is -2.08. The molecule has 9 heavy (non-hydrogen) atoms. The first kappa shape index (κ1) is 5.94. The second kappa shape index (κ2) is 1.97. The Hall–Kier alpha value is -1.19. The Morgan fingerprint density at radius 1 is 1.67 bits per heavy atom. The van der Waals surface area contributed by atoms with Crippen molar-refractivity contribution < 1.29 is 9.52 Å². The maximum absolute atomic E-state index is 10.3. The summed E-state index contributed by atoms with van der Waals surface area (Å²) in [5.41, 5.74) is 0. The molecule has 0 bridgehead atoms. The molecule has 1 rings (SSSR count). The fourth-order valence-electron chi connectivity index (χ4n) is 0.455. The van der Waals surface area contributed by atoms with E-state index in [4.69, 9.17) is 0 Å². The molecule has 0 unspecified atom stereocenters. The monoisotopic (exact) mass is 127 g/mol. The van der Waals surface area contributed by atoms with Crippen LogP contribution in [-0.2, 0) is 5.11 Å². The van der Waals surface area contributed by atoms with Gasteiger partial charge in [0.05, 0.1) is 0 Å². The summed E-state index contributed by atoms with van der Waals surface area (Å²) in [4.78, 5) is 5.21. The first-order chi connectivity index (χ1) is 4.20. The minimum absolute atomic E-state index is 0.543. The molecule has 1 aromatic heterocycles. The van der Waals surface area contributed by atoms with Crippen molar-refractivity contribution in [1.82, 2.24) is 4.98 Å². The highest BCUT2D eigenvalue weighted by molar-refractivity contribution is 5.32. The highest BCUT2D eigenvalue weighted by Crippen LogP contribution is 2.14. The summed E-state index contributed by atoms with van der Waals surface area (Å²) in [5, 5.41) is 10.3. The molecule has 4 nitrogen and oxygen atoms in total. The molecule has 0 spiro atoms. The molecule has 0 fully saturated rings. The molecule has 0 saturated carbocycles. The zero-order chi connectivity index (χ0) is 6.85. The molecule has 0 aromatic carbocycles. The molecule has 1 aromatic rings. The fourth-order valence-corrected chi connectivity index (χ4v) is 0.455. The van der Waals surface area contributed by atoms with Crippen molar-refractivity contribution in [3.8, 4) is 6.08 Å². The van der Waals surface area contributed by atoms with Gasteiger partial charge in [0.1, 0.15) is 6.26 Å². The van der Waals surface area contributed by atoms with Crippen LogP contribution in [0.4, 0.5) is 5.82 Å². The van der Waals surface area contributed by atoms with Crippen LogP contribution in [0.3, 0.4) is 0 Å². The predicted octanol–water partition coefficient (Wildman–Crippen LogP) is 0.884. The van der Waals surface area contributed by atoms with E-state index in [2.05, 4.69) is 9.40 Å². The van der Waals surface area contributed by atoms with E-state index in [1.54, 1.807) is 19.0 Å². The average Bonchev–Trinajstić information content (AvgIpc) is 2.14. The van der Waals surface area contributed by atoms with Crippen molar-refractivity contribution in [2.75, 3.05) is 19.0 Å². The van der Waals surface area contributed by atoms with Gasteiger partial charge in [-0.25, -0.2) is 5.11 Å². The zero-order valence-corrected chi connectivity index (χ0v) is 5.29. The molecular weight excluding hydrogens is 120 g/mol. The van der Waals surface area contributed by atoms with E-state index in [-0.39, 0.29) is 0 Å². The quantitative estimate of drug-likeness (QED) is 0.562. The highest BCUT2D eigenvalue weighted by Gasteiger charge is 2.02. The van der Waals surface area contributed by atoms with E-state index >= 15 is 0 Å². The Kier molecular flexibility index (Phi) is 1.30. The number of nitrogens with zero attached hydrogens (tertiary/aromatic N) is 2. The summed E-state index contributed by atoms with van der Waals surface area (Å²) in [6, 6.07) is 0. The first-order valence-corrected chi connectivity index (χ1v) is 2.50. The standard InChI is InChI=1S/C5H7N2O2/c1-7(2)4-3-9-5(8)6-4/h3H,1-2H3. The minimum atomic E-state index is -0.543. The summed E-state index contributed by atoms with van der Waals surface area (Å²) in [6.07, 6.45) is 0.779. The molecule has 0 amide bonds. The van der Waals surface area contributed by atoms with Gasteiger partial charge in [0.15, 0.2) is 5.82 Å². The maximum atomic E-state index is 10.3. The number of hydrogen-bond acceptors (Lipinski definition) is 3. The highest BCUT2D eigenvalue weighted by atomic mass is 16.5. The second-order valence-corrected chi connectivity index (χ2v) is 1.87. The molecule has 0 aliphatic heterocycles. The van der Waals surface area contributed by atoms with Gasteiger partial charge < -0.3 is 9.32 Å². The maximum Gasteiger partial charge on any atom is 0.440 e. The van der Waals surface area contributed by atoms with Gasteiger partial charge in [-0.1, -0.05) is 0 Å². The van der Waals surface area contributed by atoms with Gasteiger partial charge in [-0.2, -0.15) is 4.98 Å². The third-order valence-electron chi connectivity index (χ3n) is 0.929. The summed E-state index contributed by atoms with van der Waals surface area (Å²) >= 11 is 0. The Bertz CT molecular complexity index is 195. The third-order valence-corrected chi connectivity index (χ3v) is 0.929. The fraction of sp³-hybridized carbons (Fsp3) is 0.400. The predicted molar refractivity (Wildman–Crippen MR) is 31.0 cm³/mol. The van der Waals surface area contributed by atoms with E-state index in [0.717, 1.165) is 0 Å². The van der Waals surface area contributed by atoms with Crippen molar-refractivity contribution >= 4 is 5.82 Å². The molecule has 0 N–H and O–H groups in total. The Labute approximate surface area is 52.7 Å². The van der Waals surface area contributed by atoms with E-state index in [1.165, 1.54) is 6.26 Å². The van der Waals surface area contributed by atoms with Gasteiger partial charge in [-0.15, -0.1) is 0 Å². The zero-order valence-electron chi connectivity index (χ0n) is 5.29. The molecule has 1 heterocycles. The average molecular weight is 127 g/mol. The van der Waals surface area contributed by atoms with E-state index in [1.807, 2.05) is 0 Å². The van der Waals surface area contributed by atoms with Crippen LogP contribution in [-0.4, -0.2) is 19.1 Å². The van der Waals surface area contributed by atoms with Crippen LogP contribution in [0.15, 0.2) is 10.7 Å². The smallest absolute Gasteiger partial charge is 0.413 e. The number of rotatable bonds is 1. The van der Waals surface area contributed by atoms with Crippen LogP contribution in [0.2, 0.25) is 0 Å². The van der Waals surface area contributed by atoms with Crippen LogP contribution in [0.1, 0.15) is 0 Å². The Balaban J connectivity index is 2.85. The summed E-state index contributed by atoms with van der Waals surface area (Å²) in [7, 11) is 3.58. The summed E-state index contributed by atoms with van der Waals surface area (Å²) < 4.78 is 4.42. The third kappa shape index (κ3) is 1.13. The Morgan fingerprint density at radius 2 is 2.33 bits per heavy atom. The lowest BCUT2D eigenvalue weighted by atomic mass is 10.7. The molecule has 49 valence electrons. The number of aromatic nitrogens is 1. The summed E-state index contributed by atoms with van der Waals surface area (Å²) in [5.74, 6) is 0.556. The lowest BCUT2D eigenvalue weighted by molar-refractivity contribution is 0.237. The van der Waals surface area contributed by atoms with Gasteiger partial charge in [-0.05, 0) is 0 Å². The molecule has 4 heteroatoms. The molecule has 0 aliphatic carbocycles. The number of anilines is 1. The van der Waals surface area contributed by atoms with Gasteiger partial charge in [0.25, 0.3) is 0 Å². The van der Waals surface area contributed by atoms with Gasteiger partial charge in [0.2, 0.25) is 0 Å². The Morgan fingerprint density at radius 3 is 2.56 bits per heavy atom. The van der Waals surface area contributed by atoms with Gasteiger partial charge >= 0.3 is 6.08 Å². The second-order valence-electron chi connectivity index (χ2n) is 1.87. The van der Waals surface area contributed by atoms with Crippen molar-refractivity contribution in [2.24, 2.45) is 0 Å². The molecule has 0 aliphatic rings. The number of oxazole rings is 1. The SMILES string of the molecule is CN(C)c1coc([O])n1. The molecule has 1 radical (unpaired) electrons. The minimum Gasteiger partial charge on any atom is -0.413 e. The van der Waals surface area contributed by atoms with Crippen molar-refractivity contribution in [1.29, 1.82) is 0 Å². The van der Waals surface area contributed by atoms with Gasteiger partial charge in [-0.3, -0.25) is 0 Å². The largest absolute Gasteiger partial charge is 0.440 e. The van der Waals surface area contributed by atoms with Crippen LogP contribution >= 0.6 is 0 Å². The molecule has 0 atom stereocenters. The molecular formula is C5H7N2O2.